The van der Waals surface area contributed by atoms with Crippen molar-refractivity contribution in [3.05, 3.63) is 35.9 Å². The first-order valence-electron chi connectivity index (χ1n) is 8.72. The maximum absolute atomic E-state index is 12.4. The van der Waals surface area contributed by atoms with Gasteiger partial charge in [0.15, 0.2) is 5.69 Å². The summed E-state index contributed by atoms with van der Waals surface area (Å²) in [5, 5.41) is 5.72. The molecule has 0 spiro atoms. The highest BCUT2D eigenvalue weighted by Crippen LogP contribution is 2.13. The van der Waals surface area contributed by atoms with Crippen LogP contribution in [0, 0.1) is 0 Å². The number of rotatable bonds is 9. The lowest BCUT2D eigenvalue weighted by molar-refractivity contribution is 0.0940. The number of pyridine rings is 1. The van der Waals surface area contributed by atoms with Crippen LogP contribution < -0.4 is 10.6 Å². The number of fused-ring (bicyclic) bond motifs is 1. The monoisotopic (exact) mass is 345 g/mol. The molecule has 2 rings (SSSR count). The van der Waals surface area contributed by atoms with Crippen molar-refractivity contribution < 1.29 is 9.59 Å². The third-order valence-corrected chi connectivity index (χ3v) is 3.88. The van der Waals surface area contributed by atoms with Crippen LogP contribution in [0.25, 0.3) is 5.52 Å². The molecule has 0 aliphatic carbocycles. The summed E-state index contributed by atoms with van der Waals surface area (Å²) in [6.45, 7) is 3.99. The van der Waals surface area contributed by atoms with Gasteiger partial charge in [-0.1, -0.05) is 25.8 Å². The first kappa shape index (κ1) is 18.9. The maximum Gasteiger partial charge on any atom is 0.287 e. The Morgan fingerprint density at radius 2 is 1.88 bits per heavy atom. The van der Waals surface area contributed by atoms with Gasteiger partial charge in [-0.05, 0) is 32.6 Å². The summed E-state index contributed by atoms with van der Waals surface area (Å²) in [6.07, 6.45) is 4.85. The molecule has 0 aliphatic rings. The zero-order valence-corrected chi connectivity index (χ0v) is 15.2. The summed E-state index contributed by atoms with van der Waals surface area (Å²) in [5.41, 5.74) is 0.920. The molecular weight excluding hydrogens is 318 g/mol. The van der Waals surface area contributed by atoms with Crippen molar-refractivity contribution in [3.63, 3.8) is 0 Å². The molecule has 2 aromatic heterocycles. The summed E-state index contributed by atoms with van der Waals surface area (Å²) in [7, 11) is 3.89. The minimum absolute atomic E-state index is 0.230. The van der Waals surface area contributed by atoms with Gasteiger partial charge in [0.05, 0.1) is 5.52 Å². The van der Waals surface area contributed by atoms with Crippen LogP contribution in [0.1, 0.15) is 47.3 Å². The molecule has 0 radical (unpaired) electrons. The zero-order valence-electron chi connectivity index (χ0n) is 15.2. The average Bonchev–Trinajstić information content (AvgIpc) is 2.98. The van der Waals surface area contributed by atoms with Crippen LogP contribution in [0.2, 0.25) is 0 Å². The Balaban J connectivity index is 2.16. The molecule has 25 heavy (non-hydrogen) atoms. The van der Waals surface area contributed by atoms with Crippen molar-refractivity contribution in [2.75, 3.05) is 33.7 Å². The molecule has 0 saturated heterocycles. The highest BCUT2D eigenvalue weighted by molar-refractivity contribution is 6.02. The molecule has 0 fully saturated rings. The molecule has 2 heterocycles. The number of nitrogens with zero attached hydrogens (tertiary/aromatic N) is 3. The Bertz CT molecular complexity index is 723. The predicted octanol–water partition coefficient (Wildman–Crippen LogP) is 1.55. The summed E-state index contributed by atoms with van der Waals surface area (Å²) < 4.78 is 1.66. The van der Waals surface area contributed by atoms with E-state index < -0.39 is 0 Å². The fraction of sp³-hybridized carbons (Fsp3) is 0.500. The van der Waals surface area contributed by atoms with Crippen molar-refractivity contribution in [2.45, 2.75) is 26.2 Å². The van der Waals surface area contributed by atoms with Crippen LogP contribution in [0.5, 0.6) is 0 Å². The molecule has 0 aromatic carbocycles. The quantitative estimate of drug-likeness (QED) is 0.676. The van der Waals surface area contributed by atoms with Gasteiger partial charge in [0.2, 0.25) is 5.82 Å². The zero-order chi connectivity index (χ0) is 18.2. The summed E-state index contributed by atoms with van der Waals surface area (Å²) >= 11 is 0. The first-order valence-corrected chi connectivity index (χ1v) is 8.72. The fourth-order valence-electron chi connectivity index (χ4n) is 2.50. The Kier molecular flexibility index (Phi) is 6.94. The number of nitrogens with one attached hydrogen (secondary N) is 2. The number of hydrogen-bond donors (Lipinski definition) is 2. The second-order valence-corrected chi connectivity index (χ2v) is 6.26. The molecular formula is C18H27N5O2. The van der Waals surface area contributed by atoms with E-state index in [1.165, 1.54) is 0 Å². The van der Waals surface area contributed by atoms with Gasteiger partial charge in [-0.3, -0.25) is 14.0 Å². The van der Waals surface area contributed by atoms with E-state index in [2.05, 4.69) is 22.5 Å². The van der Waals surface area contributed by atoms with E-state index in [4.69, 9.17) is 0 Å². The van der Waals surface area contributed by atoms with E-state index >= 15 is 0 Å². The molecule has 7 heteroatoms. The Morgan fingerprint density at radius 3 is 2.60 bits per heavy atom. The highest BCUT2D eigenvalue weighted by Gasteiger charge is 2.20. The molecule has 0 atom stereocenters. The van der Waals surface area contributed by atoms with Crippen LogP contribution in [0.3, 0.4) is 0 Å². The van der Waals surface area contributed by atoms with Gasteiger partial charge < -0.3 is 15.5 Å². The highest BCUT2D eigenvalue weighted by atomic mass is 16.2. The normalized spacial score (nSPS) is 11.0. The molecule has 0 unspecified atom stereocenters. The molecule has 7 nitrogen and oxygen atoms in total. The Morgan fingerprint density at radius 1 is 1.12 bits per heavy atom. The van der Waals surface area contributed by atoms with Crippen molar-refractivity contribution in [3.8, 4) is 0 Å². The van der Waals surface area contributed by atoms with E-state index in [9.17, 15) is 9.59 Å². The predicted molar refractivity (Wildman–Crippen MR) is 97.9 cm³/mol. The van der Waals surface area contributed by atoms with Gasteiger partial charge >= 0.3 is 0 Å². The van der Waals surface area contributed by atoms with Crippen LogP contribution in [0.15, 0.2) is 24.4 Å². The van der Waals surface area contributed by atoms with Gasteiger partial charge in [0.1, 0.15) is 0 Å². The molecule has 0 aliphatic heterocycles. The second kappa shape index (κ2) is 9.17. The van der Waals surface area contributed by atoms with E-state index in [0.717, 1.165) is 25.8 Å². The maximum atomic E-state index is 12.4. The minimum atomic E-state index is -0.284. The van der Waals surface area contributed by atoms with E-state index in [0.29, 0.717) is 18.6 Å². The number of unbranched alkanes of at least 4 members (excludes halogenated alkanes) is 2. The van der Waals surface area contributed by atoms with Crippen LogP contribution in [-0.4, -0.2) is 59.8 Å². The van der Waals surface area contributed by atoms with E-state index in [1.54, 1.807) is 16.7 Å². The molecule has 136 valence electrons. The first-order chi connectivity index (χ1) is 12.0. The van der Waals surface area contributed by atoms with Crippen molar-refractivity contribution in [2.24, 2.45) is 0 Å². The lowest BCUT2D eigenvalue weighted by atomic mass is 10.2. The topological polar surface area (TPSA) is 78.7 Å². The number of carbonyl (C=O) groups excluding carboxylic acids is 2. The minimum Gasteiger partial charge on any atom is -0.351 e. The van der Waals surface area contributed by atoms with E-state index in [1.807, 2.05) is 31.1 Å². The number of hydrogen-bond acceptors (Lipinski definition) is 4. The molecule has 2 N–H and O–H groups in total. The third-order valence-electron chi connectivity index (χ3n) is 3.88. The molecule has 0 bridgehead atoms. The largest absolute Gasteiger partial charge is 0.351 e. The molecule has 2 amide bonds. The van der Waals surface area contributed by atoms with Crippen LogP contribution in [-0.2, 0) is 0 Å². The van der Waals surface area contributed by atoms with Gasteiger partial charge in [-0.2, -0.15) is 0 Å². The molecule has 2 aromatic rings. The number of imidazole rings is 1. The smallest absolute Gasteiger partial charge is 0.287 e. The van der Waals surface area contributed by atoms with Crippen LogP contribution in [0.4, 0.5) is 0 Å². The van der Waals surface area contributed by atoms with Crippen LogP contribution >= 0.6 is 0 Å². The van der Waals surface area contributed by atoms with Gasteiger partial charge in [-0.25, -0.2) is 4.98 Å². The summed E-state index contributed by atoms with van der Waals surface area (Å²) in [4.78, 5) is 31.2. The van der Waals surface area contributed by atoms with Gasteiger partial charge in [0, 0.05) is 25.8 Å². The third kappa shape index (κ3) is 5.03. The van der Waals surface area contributed by atoms with Crippen molar-refractivity contribution in [1.82, 2.24) is 24.9 Å². The Hall–Kier alpha value is -2.41. The van der Waals surface area contributed by atoms with Gasteiger partial charge in [0.25, 0.3) is 11.8 Å². The molecule has 0 saturated carbocycles. The Labute approximate surface area is 148 Å². The van der Waals surface area contributed by atoms with Crippen molar-refractivity contribution in [1.29, 1.82) is 0 Å². The number of aromatic nitrogens is 2. The fourth-order valence-corrected chi connectivity index (χ4v) is 2.50. The lowest BCUT2D eigenvalue weighted by Gasteiger charge is -2.09. The van der Waals surface area contributed by atoms with E-state index in [-0.39, 0.29) is 23.3 Å². The van der Waals surface area contributed by atoms with Crippen molar-refractivity contribution >= 4 is 17.3 Å². The second-order valence-electron chi connectivity index (χ2n) is 6.26. The average molecular weight is 345 g/mol. The SMILES string of the molecule is CCCCCNC(=O)c1nc(C(=O)NCCN(C)C)n2ccccc12. The lowest BCUT2D eigenvalue weighted by Crippen LogP contribution is -2.32. The summed E-state index contributed by atoms with van der Waals surface area (Å²) in [5.74, 6) is -0.298. The number of likely N-dealkylation sites (N-methyl/N-ethyl adjacent to an activating group) is 1. The number of amides is 2. The summed E-state index contributed by atoms with van der Waals surface area (Å²) in [6, 6.07) is 5.44. The van der Waals surface area contributed by atoms with Gasteiger partial charge in [-0.15, -0.1) is 0 Å². The number of carbonyl (C=O) groups is 2. The standard InChI is InChI=1S/C18H27N5O2/c1-4-5-7-10-19-17(24)15-14-9-6-8-12-23(14)16(21-15)18(25)20-11-13-22(2)3/h6,8-9,12H,4-5,7,10-11,13H2,1-3H3,(H,19,24)(H,20,25).